The minimum absolute atomic E-state index is 0.549. The quantitative estimate of drug-likeness (QED) is 0.707. The van der Waals surface area contributed by atoms with E-state index in [1.807, 2.05) is 24.8 Å². The van der Waals surface area contributed by atoms with E-state index in [9.17, 15) is 0 Å². The number of hydrogen-bond acceptors (Lipinski definition) is 3. The molecule has 1 aromatic rings. The van der Waals surface area contributed by atoms with E-state index in [1.165, 1.54) is 17.9 Å². The van der Waals surface area contributed by atoms with Gasteiger partial charge in [0.05, 0.1) is 0 Å². The highest BCUT2D eigenvalue weighted by molar-refractivity contribution is 7.99. The van der Waals surface area contributed by atoms with Crippen LogP contribution in [0.4, 0.5) is 5.82 Å². The summed E-state index contributed by atoms with van der Waals surface area (Å²) in [5, 5.41) is 0. The molecule has 0 aliphatic carbocycles. The Balaban J connectivity index is 2.52. The lowest BCUT2D eigenvalue weighted by molar-refractivity contribution is 0.661. The Morgan fingerprint density at radius 2 is 2.19 bits per heavy atom. The standard InChI is InChI=1S/C13H22N2S/c1-5-16-10-9-12(3)15(4)13-8-6-7-11(2)14-13/h6-8,12H,5,9-10H2,1-4H3. The van der Waals surface area contributed by atoms with Crippen LogP contribution in [0.15, 0.2) is 18.2 Å². The summed E-state index contributed by atoms with van der Waals surface area (Å²) in [6.07, 6.45) is 1.21. The number of thioether (sulfide) groups is 1. The van der Waals surface area contributed by atoms with Crippen molar-refractivity contribution in [1.29, 1.82) is 0 Å². The second-order valence-corrected chi connectivity index (χ2v) is 5.48. The summed E-state index contributed by atoms with van der Waals surface area (Å²) in [5.41, 5.74) is 1.08. The first-order valence-electron chi connectivity index (χ1n) is 5.89. The predicted molar refractivity (Wildman–Crippen MR) is 74.5 cm³/mol. The first-order chi connectivity index (χ1) is 7.65. The molecule has 0 amide bonds. The zero-order chi connectivity index (χ0) is 12.0. The van der Waals surface area contributed by atoms with Crippen LogP contribution in [0.25, 0.3) is 0 Å². The molecular weight excluding hydrogens is 216 g/mol. The van der Waals surface area contributed by atoms with Crippen molar-refractivity contribution in [2.24, 2.45) is 0 Å². The molecule has 0 spiro atoms. The molecule has 1 heterocycles. The summed E-state index contributed by atoms with van der Waals surface area (Å²) in [6.45, 7) is 6.51. The molecule has 0 radical (unpaired) electrons. The molecule has 0 saturated heterocycles. The van der Waals surface area contributed by atoms with Gasteiger partial charge in [-0.3, -0.25) is 0 Å². The summed E-state index contributed by atoms with van der Waals surface area (Å²) in [4.78, 5) is 6.81. The molecule has 1 unspecified atom stereocenters. The molecule has 16 heavy (non-hydrogen) atoms. The summed E-state index contributed by atoms with van der Waals surface area (Å²) < 4.78 is 0. The van der Waals surface area contributed by atoms with Crippen LogP contribution in [0.1, 0.15) is 26.0 Å². The van der Waals surface area contributed by atoms with Gasteiger partial charge in [-0.2, -0.15) is 11.8 Å². The second-order valence-electron chi connectivity index (χ2n) is 4.08. The molecule has 0 fully saturated rings. The maximum absolute atomic E-state index is 4.54. The van der Waals surface area contributed by atoms with Gasteiger partial charge < -0.3 is 4.90 Å². The van der Waals surface area contributed by atoms with Crippen molar-refractivity contribution in [3.8, 4) is 0 Å². The number of rotatable bonds is 6. The average molecular weight is 238 g/mol. The van der Waals surface area contributed by atoms with E-state index in [0.717, 1.165) is 11.5 Å². The highest BCUT2D eigenvalue weighted by Crippen LogP contribution is 2.15. The number of aromatic nitrogens is 1. The van der Waals surface area contributed by atoms with Crippen molar-refractivity contribution in [3.05, 3.63) is 23.9 Å². The second kappa shape index (κ2) is 6.79. The lowest BCUT2D eigenvalue weighted by atomic mass is 10.2. The van der Waals surface area contributed by atoms with Crippen LogP contribution in [0.3, 0.4) is 0 Å². The van der Waals surface area contributed by atoms with E-state index < -0.39 is 0 Å². The third-order valence-corrected chi connectivity index (χ3v) is 3.71. The highest BCUT2D eigenvalue weighted by Gasteiger charge is 2.10. The number of hydrogen-bond donors (Lipinski definition) is 0. The van der Waals surface area contributed by atoms with Gasteiger partial charge in [-0.25, -0.2) is 4.98 Å². The smallest absolute Gasteiger partial charge is 0.128 e. The van der Waals surface area contributed by atoms with Gasteiger partial charge in [-0.05, 0) is 43.9 Å². The number of nitrogens with zero attached hydrogens (tertiary/aromatic N) is 2. The average Bonchev–Trinajstić information content (AvgIpc) is 2.28. The Labute approximate surface area is 103 Å². The van der Waals surface area contributed by atoms with Crippen LogP contribution < -0.4 is 4.90 Å². The third-order valence-electron chi connectivity index (χ3n) is 2.78. The summed E-state index contributed by atoms with van der Waals surface area (Å²) in [7, 11) is 2.13. The van der Waals surface area contributed by atoms with Crippen LogP contribution in [0.2, 0.25) is 0 Å². The van der Waals surface area contributed by atoms with E-state index in [4.69, 9.17) is 0 Å². The number of aryl methyl sites for hydroxylation is 1. The van der Waals surface area contributed by atoms with Gasteiger partial charge in [0, 0.05) is 18.8 Å². The van der Waals surface area contributed by atoms with Gasteiger partial charge in [-0.15, -0.1) is 0 Å². The van der Waals surface area contributed by atoms with Crippen molar-refractivity contribution in [2.45, 2.75) is 33.2 Å². The van der Waals surface area contributed by atoms with Gasteiger partial charge in [0.1, 0.15) is 5.82 Å². The monoisotopic (exact) mass is 238 g/mol. The van der Waals surface area contributed by atoms with Gasteiger partial charge >= 0.3 is 0 Å². The van der Waals surface area contributed by atoms with Crippen molar-refractivity contribution >= 4 is 17.6 Å². The first kappa shape index (κ1) is 13.4. The molecule has 0 saturated carbocycles. The fraction of sp³-hybridized carbons (Fsp3) is 0.615. The van der Waals surface area contributed by atoms with Gasteiger partial charge in [0.2, 0.25) is 0 Å². The minimum Gasteiger partial charge on any atom is -0.357 e. The van der Waals surface area contributed by atoms with Gasteiger partial charge in [0.15, 0.2) is 0 Å². The molecule has 0 aliphatic heterocycles. The molecule has 2 nitrogen and oxygen atoms in total. The third kappa shape index (κ3) is 4.05. The fourth-order valence-corrected chi connectivity index (χ4v) is 2.34. The summed E-state index contributed by atoms with van der Waals surface area (Å²) in [5.74, 6) is 3.52. The molecule has 1 rings (SSSR count). The summed E-state index contributed by atoms with van der Waals surface area (Å²) in [6, 6.07) is 6.74. The van der Waals surface area contributed by atoms with Gasteiger partial charge in [0.25, 0.3) is 0 Å². The molecule has 0 aliphatic rings. The Bertz CT molecular complexity index is 315. The van der Waals surface area contributed by atoms with E-state index in [2.05, 4.69) is 42.9 Å². The first-order valence-corrected chi connectivity index (χ1v) is 7.05. The molecule has 3 heteroatoms. The highest BCUT2D eigenvalue weighted by atomic mass is 32.2. The van der Waals surface area contributed by atoms with Crippen molar-refractivity contribution in [3.63, 3.8) is 0 Å². The SMILES string of the molecule is CCSCCC(C)N(C)c1cccc(C)n1. The normalized spacial score (nSPS) is 12.5. The molecule has 1 atom stereocenters. The lowest BCUT2D eigenvalue weighted by Crippen LogP contribution is -2.30. The number of pyridine rings is 1. The Morgan fingerprint density at radius 1 is 1.44 bits per heavy atom. The fourth-order valence-electron chi connectivity index (χ4n) is 1.54. The molecule has 0 N–H and O–H groups in total. The van der Waals surface area contributed by atoms with Crippen molar-refractivity contribution < 1.29 is 0 Å². The zero-order valence-electron chi connectivity index (χ0n) is 10.7. The molecule has 0 aromatic carbocycles. The molecule has 1 aromatic heterocycles. The predicted octanol–water partition coefficient (Wildman–Crippen LogP) is 3.36. The van der Waals surface area contributed by atoms with Crippen molar-refractivity contribution in [1.82, 2.24) is 4.98 Å². The maximum Gasteiger partial charge on any atom is 0.128 e. The van der Waals surface area contributed by atoms with Crippen LogP contribution >= 0.6 is 11.8 Å². The maximum atomic E-state index is 4.54. The van der Waals surface area contributed by atoms with E-state index >= 15 is 0 Å². The van der Waals surface area contributed by atoms with Crippen molar-refractivity contribution in [2.75, 3.05) is 23.5 Å². The molecule has 90 valence electrons. The Hall–Kier alpha value is -0.700. The topological polar surface area (TPSA) is 16.1 Å². The van der Waals surface area contributed by atoms with Crippen LogP contribution in [-0.2, 0) is 0 Å². The van der Waals surface area contributed by atoms with Crippen LogP contribution in [-0.4, -0.2) is 29.6 Å². The lowest BCUT2D eigenvalue weighted by Gasteiger charge is -2.26. The molecular formula is C13H22N2S. The zero-order valence-corrected chi connectivity index (χ0v) is 11.5. The van der Waals surface area contributed by atoms with E-state index in [-0.39, 0.29) is 0 Å². The largest absolute Gasteiger partial charge is 0.357 e. The number of anilines is 1. The Kier molecular flexibility index (Phi) is 5.67. The minimum atomic E-state index is 0.549. The summed E-state index contributed by atoms with van der Waals surface area (Å²) >= 11 is 2.01. The molecule has 0 bridgehead atoms. The van der Waals surface area contributed by atoms with Crippen LogP contribution in [0.5, 0.6) is 0 Å². The van der Waals surface area contributed by atoms with Crippen LogP contribution in [0, 0.1) is 6.92 Å². The Morgan fingerprint density at radius 3 is 2.81 bits per heavy atom. The van der Waals surface area contributed by atoms with E-state index in [1.54, 1.807) is 0 Å². The van der Waals surface area contributed by atoms with Gasteiger partial charge in [-0.1, -0.05) is 13.0 Å². The van der Waals surface area contributed by atoms with E-state index in [0.29, 0.717) is 6.04 Å².